The molecule has 106 valence electrons. The molecule has 0 amide bonds. The van der Waals surface area contributed by atoms with Crippen LogP contribution < -0.4 is 10.5 Å². The van der Waals surface area contributed by atoms with Crippen LogP contribution in [0.4, 0.5) is 20.2 Å². The van der Waals surface area contributed by atoms with Crippen molar-refractivity contribution in [3.63, 3.8) is 0 Å². The standard InChI is InChI=1S/C12H9BrF2N2O2S/c13-7-2-1-3-8(4-7)17-20(18,19)12-6-11(16)9(14)5-10(12)15/h1-6,17H,16H2. The third-order valence-electron chi connectivity index (χ3n) is 2.42. The highest BCUT2D eigenvalue weighted by atomic mass is 79.9. The second-order valence-corrected chi connectivity index (χ2v) is 6.49. The maximum absolute atomic E-state index is 13.6. The molecule has 0 saturated carbocycles. The molecule has 0 spiro atoms. The van der Waals surface area contributed by atoms with Crippen molar-refractivity contribution < 1.29 is 17.2 Å². The lowest BCUT2D eigenvalue weighted by molar-refractivity contribution is 0.553. The Morgan fingerprint density at radius 3 is 2.45 bits per heavy atom. The minimum absolute atomic E-state index is 0.238. The van der Waals surface area contributed by atoms with Crippen molar-refractivity contribution in [1.29, 1.82) is 0 Å². The van der Waals surface area contributed by atoms with Crippen molar-refractivity contribution >= 4 is 37.3 Å². The Bertz CT molecular complexity index is 766. The maximum atomic E-state index is 13.6. The number of halogens is 3. The van der Waals surface area contributed by atoms with Crippen molar-refractivity contribution in [3.05, 3.63) is 52.5 Å². The summed E-state index contributed by atoms with van der Waals surface area (Å²) in [6.45, 7) is 0. The summed E-state index contributed by atoms with van der Waals surface area (Å²) in [7, 11) is -4.19. The van der Waals surface area contributed by atoms with E-state index in [9.17, 15) is 17.2 Å². The van der Waals surface area contributed by atoms with E-state index in [2.05, 4.69) is 20.7 Å². The van der Waals surface area contributed by atoms with E-state index >= 15 is 0 Å². The largest absolute Gasteiger partial charge is 0.396 e. The molecule has 0 fully saturated rings. The van der Waals surface area contributed by atoms with E-state index in [4.69, 9.17) is 5.73 Å². The highest BCUT2D eigenvalue weighted by molar-refractivity contribution is 9.10. The zero-order valence-electron chi connectivity index (χ0n) is 9.90. The van der Waals surface area contributed by atoms with E-state index < -0.39 is 32.2 Å². The molecule has 0 radical (unpaired) electrons. The first kappa shape index (κ1) is 14.7. The lowest BCUT2D eigenvalue weighted by atomic mass is 10.3. The molecular formula is C12H9BrF2N2O2S. The normalized spacial score (nSPS) is 11.3. The third-order valence-corrected chi connectivity index (χ3v) is 4.31. The van der Waals surface area contributed by atoms with Crippen LogP contribution in [-0.2, 0) is 10.0 Å². The van der Waals surface area contributed by atoms with Gasteiger partial charge in [-0.3, -0.25) is 4.72 Å². The number of rotatable bonds is 3. The van der Waals surface area contributed by atoms with Crippen LogP contribution in [0.3, 0.4) is 0 Å². The van der Waals surface area contributed by atoms with Crippen molar-refractivity contribution in [2.75, 3.05) is 10.5 Å². The summed E-state index contributed by atoms with van der Waals surface area (Å²) in [5, 5.41) is 0. The van der Waals surface area contributed by atoms with E-state index in [0.29, 0.717) is 10.5 Å². The molecule has 4 nitrogen and oxygen atoms in total. The number of nitrogen functional groups attached to an aromatic ring is 1. The predicted molar refractivity (Wildman–Crippen MR) is 75.7 cm³/mol. The first-order valence-electron chi connectivity index (χ1n) is 5.32. The van der Waals surface area contributed by atoms with Crippen LogP contribution in [0, 0.1) is 11.6 Å². The summed E-state index contributed by atoms with van der Waals surface area (Å²) in [6, 6.07) is 7.48. The molecule has 8 heteroatoms. The van der Waals surface area contributed by atoms with Gasteiger partial charge in [-0.1, -0.05) is 22.0 Å². The fourth-order valence-corrected chi connectivity index (χ4v) is 3.06. The average Bonchev–Trinajstić information content (AvgIpc) is 2.33. The van der Waals surface area contributed by atoms with Gasteiger partial charge >= 0.3 is 0 Å². The monoisotopic (exact) mass is 362 g/mol. The zero-order chi connectivity index (χ0) is 14.9. The molecule has 0 atom stereocenters. The SMILES string of the molecule is Nc1cc(S(=O)(=O)Nc2cccc(Br)c2)c(F)cc1F. The summed E-state index contributed by atoms with van der Waals surface area (Å²) in [5.41, 5.74) is 5.06. The van der Waals surface area contributed by atoms with E-state index in [1.54, 1.807) is 12.1 Å². The molecule has 2 aromatic carbocycles. The molecule has 0 aliphatic heterocycles. The topological polar surface area (TPSA) is 72.2 Å². The minimum atomic E-state index is -4.19. The molecule has 2 aromatic rings. The van der Waals surface area contributed by atoms with E-state index in [1.807, 2.05) is 0 Å². The van der Waals surface area contributed by atoms with Crippen LogP contribution in [0.2, 0.25) is 0 Å². The highest BCUT2D eigenvalue weighted by Crippen LogP contribution is 2.24. The van der Waals surface area contributed by atoms with Gasteiger partial charge in [0.25, 0.3) is 10.0 Å². The van der Waals surface area contributed by atoms with Gasteiger partial charge in [-0.2, -0.15) is 0 Å². The number of sulfonamides is 1. The van der Waals surface area contributed by atoms with E-state index in [1.165, 1.54) is 12.1 Å². The van der Waals surface area contributed by atoms with Crippen LogP contribution >= 0.6 is 15.9 Å². The summed E-state index contributed by atoms with van der Waals surface area (Å²) in [6.07, 6.45) is 0. The lowest BCUT2D eigenvalue weighted by Crippen LogP contribution is -2.15. The first-order valence-corrected chi connectivity index (χ1v) is 7.60. The fraction of sp³-hybridized carbons (Fsp3) is 0. The fourth-order valence-electron chi connectivity index (χ4n) is 1.51. The summed E-state index contributed by atoms with van der Waals surface area (Å²) >= 11 is 3.18. The van der Waals surface area contributed by atoms with Gasteiger partial charge < -0.3 is 5.73 Å². The minimum Gasteiger partial charge on any atom is -0.396 e. The van der Waals surface area contributed by atoms with Gasteiger partial charge in [0.15, 0.2) is 0 Å². The zero-order valence-corrected chi connectivity index (χ0v) is 12.3. The van der Waals surface area contributed by atoms with E-state index in [-0.39, 0.29) is 5.69 Å². The second kappa shape index (κ2) is 5.37. The molecule has 0 aromatic heterocycles. The Morgan fingerprint density at radius 1 is 1.10 bits per heavy atom. The number of hydrogen-bond acceptors (Lipinski definition) is 3. The van der Waals surface area contributed by atoms with Crippen LogP contribution in [0.1, 0.15) is 0 Å². The Labute approximate surface area is 122 Å². The summed E-state index contributed by atoms with van der Waals surface area (Å²) in [4.78, 5) is -0.712. The van der Waals surface area contributed by atoms with Crippen LogP contribution in [-0.4, -0.2) is 8.42 Å². The summed E-state index contributed by atoms with van der Waals surface area (Å²) in [5.74, 6) is -2.22. The lowest BCUT2D eigenvalue weighted by Gasteiger charge is -2.10. The maximum Gasteiger partial charge on any atom is 0.264 e. The second-order valence-electron chi connectivity index (χ2n) is 3.92. The summed E-state index contributed by atoms with van der Waals surface area (Å²) < 4.78 is 53.6. The molecule has 0 aliphatic carbocycles. The van der Waals surface area contributed by atoms with Gasteiger partial charge in [-0.15, -0.1) is 0 Å². The Balaban J connectivity index is 2.43. The van der Waals surface area contributed by atoms with Crippen LogP contribution in [0.5, 0.6) is 0 Å². The smallest absolute Gasteiger partial charge is 0.264 e. The van der Waals surface area contributed by atoms with E-state index in [0.717, 1.165) is 6.07 Å². The molecule has 0 aliphatic rings. The Hall–Kier alpha value is -1.67. The van der Waals surface area contributed by atoms with Crippen molar-refractivity contribution in [3.8, 4) is 0 Å². The number of nitrogens with one attached hydrogen (secondary N) is 1. The quantitative estimate of drug-likeness (QED) is 0.824. The average molecular weight is 363 g/mol. The molecule has 0 bridgehead atoms. The van der Waals surface area contributed by atoms with Gasteiger partial charge in [0, 0.05) is 16.2 Å². The van der Waals surface area contributed by atoms with Crippen LogP contribution in [0.15, 0.2) is 45.8 Å². The van der Waals surface area contributed by atoms with Crippen molar-refractivity contribution in [1.82, 2.24) is 0 Å². The van der Waals surface area contributed by atoms with Gasteiger partial charge in [-0.05, 0) is 24.3 Å². The molecular weight excluding hydrogens is 354 g/mol. The van der Waals surface area contributed by atoms with Crippen molar-refractivity contribution in [2.24, 2.45) is 0 Å². The Morgan fingerprint density at radius 2 is 1.80 bits per heavy atom. The number of hydrogen-bond donors (Lipinski definition) is 2. The molecule has 2 rings (SSSR count). The predicted octanol–water partition coefficient (Wildman–Crippen LogP) is 3.11. The van der Waals surface area contributed by atoms with Gasteiger partial charge in [-0.25, -0.2) is 17.2 Å². The Kier molecular flexibility index (Phi) is 3.96. The molecule has 20 heavy (non-hydrogen) atoms. The number of anilines is 2. The van der Waals surface area contributed by atoms with Gasteiger partial charge in [0.05, 0.1) is 5.69 Å². The first-order chi connectivity index (χ1) is 9.29. The molecule has 0 unspecified atom stereocenters. The van der Waals surface area contributed by atoms with Crippen LogP contribution in [0.25, 0.3) is 0 Å². The van der Waals surface area contributed by atoms with Gasteiger partial charge in [0.2, 0.25) is 0 Å². The third kappa shape index (κ3) is 3.07. The van der Waals surface area contributed by atoms with Gasteiger partial charge in [0.1, 0.15) is 16.5 Å². The van der Waals surface area contributed by atoms with Crippen molar-refractivity contribution in [2.45, 2.75) is 4.90 Å². The molecule has 0 saturated heterocycles. The highest BCUT2D eigenvalue weighted by Gasteiger charge is 2.21. The molecule has 0 heterocycles. The molecule has 3 N–H and O–H groups in total. The number of benzene rings is 2. The number of nitrogens with two attached hydrogens (primary N) is 1.